The van der Waals surface area contributed by atoms with E-state index >= 15 is 0 Å². The number of aromatic nitrogens is 1. The van der Waals surface area contributed by atoms with Gasteiger partial charge in [-0.15, -0.1) is 11.3 Å². The van der Waals surface area contributed by atoms with Gasteiger partial charge in [0.25, 0.3) is 0 Å². The van der Waals surface area contributed by atoms with Crippen molar-refractivity contribution in [1.29, 1.82) is 0 Å². The van der Waals surface area contributed by atoms with E-state index in [1.54, 1.807) is 0 Å². The maximum atomic E-state index is 5.70. The molecule has 0 aliphatic carbocycles. The van der Waals surface area contributed by atoms with Gasteiger partial charge in [0.2, 0.25) is 0 Å². The van der Waals surface area contributed by atoms with Crippen LogP contribution in [0.25, 0.3) is 108 Å². The van der Waals surface area contributed by atoms with E-state index in [0.29, 0.717) is 5.84 Å². The van der Waals surface area contributed by atoms with Gasteiger partial charge in [0, 0.05) is 48.5 Å². The molecule has 0 saturated carbocycles. The Morgan fingerprint density at radius 2 is 1.04 bits per heavy atom. The molecule has 4 heteroatoms. The Kier molecular flexibility index (Phi) is 10.8. The summed E-state index contributed by atoms with van der Waals surface area (Å²) in [5, 5.41) is 12.3. The summed E-state index contributed by atoms with van der Waals surface area (Å²) in [5.74, 6) is 0.664. The molecular weight excluding hydrogens is 891 g/mol. The number of allylic oxidation sites excluding steroid dienone is 1. The Morgan fingerprint density at radius 3 is 1.78 bits per heavy atom. The van der Waals surface area contributed by atoms with Crippen LogP contribution in [0.5, 0.6) is 0 Å². The monoisotopic (exact) mass is 939 g/mol. The highest BCUT2D eigenvalue weighted by molar-refractivity contribution is 7.26. The average Bonchev–Trinajstić information content (AvgIpc) is 3.99. The quantitative estimate of drug-likeness (QED) is 0.107. The van der Waals surface area contributed by atoms with Gasteiger partial charge in [-0.1, -0.05) is 201 Å². The van der Waals surface area contributed by atoms with Gasteiger partial charge in [0.05, 0.1) is 27.1 Å². The van der Waals surface area contributed by atoms with E-state index in [2.05, 4.69) is 256 Å². The van der Waals surface area contributed by atoms with E-state index in [1.165, 1.54) is 91.0 Å². The van der Waals surface area contributed by atoms with Crippen molar-refractivity contribution in [1.82, 2.24) is 4.57 Å². The third-order valence-corrected chi connectivity index (χ3v) is 15.7. The Balaban J connectivity index is 1.09. The van der Waals surface area contributed by atoms with Crippen molar-refractivity contribution in [3.63, 3.8) is 0 Å². The first kappa shape index (κ1) is 43.3. The molecule has 0 atom stereocenters. The standard InChI is InChI=1S/C68H49N3S/c1-4-43(2)65(50-32-30-47(31-33-50)45-18-7-5-8-19-45)70-68(54-27-17-26-51(38-54)46-20-9-6-10-21-46)69-44(3)55-40-60-64-56-28-15-13-22-48(56)35-37-63(64)72-67(60)62(42-55)71-61-41-53-25-12-11-24-52(53)39-59(61)58-36-34-49-23-14-16-29-57(49)66(58)71/h5-42H,4H2,1-3H3/b65-43-,69-44?,70-68?. The molecule has 13 rings (SSSR count). The summed E-state index contributed by atoms with van der Waals surface area (Å²) < 4.78 is 5.06. The highest BCUT2D eigenvalue weighted by Gasteiger charge is 2.22. The highest BCUT2D eigenvalue weighted by Crippen LogP contribution is 2.46. The van der Waals surface area contributed by atoms with Crippen LogP contribution in [-0.2, 0) is 0 Å². The van der Waals surface area contributed by atoms with Gasteiger partial charge in [-0.05, 0) is 117 Å². The van der Waals surface area contributed by atoms with E-state index in [-0.39, 0.29) is 0 Å². The molecule has 0 unspecified atom stereocenters. The minimum atomic E-state index is 0.664. The molecule has 2 aromatic heterocycles. The molecule has 3 nitrogen and oxygen atoms in total. The minimum absolute atomic E-state index is 0.664. The molecule has 0 radical (unpaired) electrons. The number of benzene rings is 11. The summed E-state index contributed by atoms with van der Waals surface area (Å²) >= 11 is 1.88. The van der Waals surface area contributed by atoms with E-state index < -0.39 is 0 Å². The molecule has 342 valence electrons. The fourth-order valence-corrected chi connectivity index (χ4v) is 11.9. The largest absolute Gasteiger partial charge is 0.307 e. The molecular formula is C68H49N3S. The number of aliphatic imine (C=N–C) groups is 2. The summed E-state index contributed by atoms with van der Waals surface area (Å²) in [5.41, 5.74) is 14.2. The SMILES string of the molecule is CC/C(C)=C(\N=C(N=C(C)c1cc(-n2c3cc4ccccc4cc3c3ccc4ccccc4c32)c2sc3ccc4ccccc4c3c2c1)c1cccc(-c2ccccc2)c1)c1ccc(-c2ccccc2)cc1. The third kappa shape index (κ3) is 7.51. The van der Waals surface area contributed by atoms with Crippen molar-refractivity contribution in [3.05, 3.63) is 253 Å². The van der Waals surface area contributed by atoms with Gasteiger partial charge in [-0.25, -0.2) is 9.98 Å². The second kappa shape index (κ2) is 17.9. The molecule has 11 aromatic carbocycles. The lowest BCUT2D eigenvalue weighted by Crippen LogP contribution is -2.06. The van der Waals surface area contributed by atoms with Crippen LogP contribution in [-0.4, -0.2) is 16.1 Å². The summed E-state index contributed by atoms with van der Waals surface area (Å²) in [6.45, 7) is 6.57. The van der Waals surface area contributed by atoms with Crippen molar-refractivity contribution in [3.8, 4) is 27.9 Å². The predicted molar refractivity (Wildman–Crippen MR) is 312 cm³/mol. The van der Waals surface area contributed by atoms with Gasteiger partial charge in [-0.3, -0.25) is 0 Å². The first-order chi connectivity index (χ1) is 35.5. The van der Waals surface area contributed by atoms with Gasteiger partial charge in [0.1, 0.15) is 0 Å². The van der Waals surface area contributed by atoms with E-state index in [4.69, 9.17) is 9.98 Å². The molecule has 0 bridgehead atoms. The molecule has 0 fully saturated rings. The lowest BCUT2D eigenvalue weighted by atomic mass is 10.00. The second-order valence-electron chi connectivity index (χ2n) is 18.9. The number of fused-ring (bicyclic) bond motifs is 11. The maximum Gasteiger partial charge on any atom is 0.160 e. The van der Waals surface area contributed by atoms with Crippen LogP contribution in [0, 0.1) is 0 Å². The maximum absolute atomic E-state index is 5.70. The molecule has 13 aromatic rings. The smallest absolute Gasteiger partial charge is 0.160 e. The Morgan fingerprint density at radius 1 is 0.431 bits per heavy atom. The van der Waals surface area contributed by atoms with Crippen molar-refractivity contribution in [2.75, 3.05) is 0 Å². The van der Waals surface area contributed by atoms with Crippen molar-refractivity contribution < 1.29 is 0 Å². The van der Waals surface area contributed by atoms with Gasteiger partial charge in [0.15, 0.2) is 5.84 Å². The first-order valence-corrected chi connectivity index (χ1v) is 25.7. The molecule has 2 heterocycles. The van der Waals surface area contributed by atoms with Crippen LogP contribution < -0.4 is 0 Å². The molecule has 0 saturated heterocycles. The highest BCUT2D eigenvalue weighted by atomic mass is 32.1. The molecule has 0 spiro atoms. The average molecular weight is 940 g/mol. The van der Waals surface area contributed by atoms with Crippen molar-refractivity contribution in [2.24, 2.45) is 9.98 Å². The first-order valence-electron chi connectivity index (χ1n) is 24.9. The van der Waals surface area contributed by atoms with Crippen LogP contribution in [0.15, 0.2) is 246 Å². The lowest BCUT2D eigenvalue weighted by molar-refractivity contribution is 1.09. The van der Waals surface area contributed by atoms with Crippen LogP contribution in [0.3, 0.4) is 0 Å². The van der Waals surface area contributed by atoms with Gasteiger partial charge < -0.3 is 4.57 Å². The van der Waals surface area contributed by atoms with Gasteiger partial charge in [-0.2, -0.15) is 0 Å². The van der Waals surface area contributed by atoms with Crippen LogP contribution in [0.1, 0.15) is 43.9 Å². The topological polar surface area (TPSA) is 29.6 Å². The Hall–Kier alpha value is -8.70. The molecule has 0 aliphatic heterocycles. The van der Waals surface area contributed by atoms with Crippen LogP contribution in [0.4, 0.5) is 0 Å². The van der Waals surface area contributed by atoms with Crippen molar-refractivity contribution in [2.45, 2.75) is 27.2 Å². The number of hydrogen-bond donors (Lipinski definition) is 0. The molecule has 72 heavy (non-hydrogen) atoms. The third-order valence-electron chi connectivity index (χ3n) is 14.5. The predicted octanol–water partition coefficient (Wildman–Crippen LogP) is 19.0. The molecule has 0 aliphatic rings. The molecule has 0 N–H and O–H groups in total. The fraction of sp³-hybridized carbons (Fsp3) is 0.0588. The minimum Gasteiger partial charge on any atom is -0.307 e. The van der Waals surface area contributed by atoms with E-state index in [9.17, 15) is 0 Å². The lowest BCUT2D eigenvalue weighted by Gasteiger charge is -2.15. The molecule has 0 amide bonds. The zero-order valence-electron chi connectivity index (χ0n) is 40.4. The van der Waals surface area contributed by atoms with E-state index in [1.807, 2.05) is 11.3 Å². The summed E-state index contributed by atoms with van der Waals surface area (Å²) in [7, 11) is 0. The second-order valence-corrected chi connectivity index (χ2v) is 19.9. The summed E-state index contributed by atoms with van der Waals surface area (Å²) in [4.78, 5) is 11.4. The fourth-order valence-electron chi connectivity index (χ4n) is 10.7. The van der Waals surface area contributed by atoms with Gasteiger partial charge >= 0.3 is 0 Å². The van der Waals surface area contributed by atoms with Crippen molar-refractivity contribution >= 4 is 103 Å². The summed E-state index contributed by atoms with van der Waals surface area (Å²) in [6.07, 6.45) is 0.848. The van der Waals surface area contributed by atoms with Crippen LogP contribution in [0.2, 0.25) is 0 Å². The number of amidine groups is 1. The summed E-state index contributed by atoms with van der Waals surface area (Å²) in [6, 6.07) is 83.8. The number of rotatable bonds is 8. The zero-order valence-corrected chi connectivity index (χ0v) is 41.2. The normalized spacial score (nSPS) is 12.8. The number of thiophene rings is 1. The zero-order chi connectivity index (χ0) is 48.3. The Labute approximate surface area is 423 Å². The number of nitrogens with zero attached hydrogens (tertiary/aromatic N) is 3. The Bertz CT molecular complexity index is 4360. The van der Waals surface area contributed by atoms with Crippen LogP contribution >= 0.6 is 11.3 Å². The van der Waals surface area contributed by atoms with E-state index in [0.717, 1.165) is 51.3 Å². The number of hydrogen-bond acceptors (Lipinski definition) is 2.